The summed E-state index contributed by atoms with van der Waals surface area (Å²) in [6.45, 7) is 5.06. The van der Waals surface area contributed by atoms with E-state index in [-0.39, 0.29) is 6.61 Å². The summed E-state index contributed by atoms with van der Waals surface area (Å²) in [4.78, 5) is 34.6. The number of amides is 2. The van der Waals surface area contributed by atoms with Crippen LogP contribution in [0.5, 0.6) is 5.75 Å². The number of nitrogens with one attached hydrogen (secondary N) is 1. The molecule has 0 aliphatic heterocycles. The molecule has 2 amide bonds. The van der Waals surface area contributed by atoms with Gasteiger partial charge in [0.05, 0.1) is 0 Å². The van der Waals surface area contributed by atoms with Crippen molar-refractivity contribution in [3.8, 4) is 5.75 Å². The normalized spacial score (nSPS) is 10.2. The molecule has 0 spiro atoms. The molecule has 0 radical (unpaired) electrons. The highest BCUT2D eigenvalue weighted by atomic mass is 16.6. The number of carbonyl (C=O) groups excluding carboxylic acids is 3. The molecule has 0 aromatic heterocycles. The summed E-state index contributed by atoms with van der Waals surface area (Å²) in [6.07, 6.45) is 0. The van der Waals surface area contributed by atoms with Gasteiger partial charge in [-0.3, -0.25) is 9.59 Å². The third-order valence-corrected chi connectivity index (χ3v) is 3.76. The lowest BCUT2D eigenvalue weighted by molar-refractivity contribution is -0.149. The van der Waals surface area contributed by atoms with Crippen LogP contribution in [0, 0.1) is 20.8 Å². The fourth-order valence-electron chi connectivity index (χ4n) is 2.63. The Morgan fingerprint density at radius 2 is 1.56 bits per heavy atom. The van der Waals surface area contributed by atoms with Crippen LogP contribution in [0.3, 0.4) is 0 Å². The Labute approximate surface area is 157 Å². The molecule has 0 heterocycles. The van der Waals surface area contributed by atoms with Gasteiger partial charge in [0.2, 0.25) is 5.91 Å². The second-order valence-electron chi connectivity index (χ2n) is 6.17. The van der Waals surface area contributed by atoms with E-state index in [1.165, 1.54) is 24.3 Å². The topological polar surface area (TPSA) is 108 Å². The van der Waals surface area contributed by atoms with Crippen LogP contribution in [0.15, 0.2) is 36.4 Å². The van der Waals surface area contributed by atoms with E-state index in [0.717, 1.165) is 16.7 Å². The molecule has 27 heavy (non-hydrogen) atoms. The van der Waals surface area contributed by atoms with Crippen molar-refractivity contribution in [1.82, 2.24) is 0 Å². The molecule has 2 aromatic rings. The van der Waals surface area contributed by atoms with Crippen LogP contribution in [0.2, 0.25) is 0 Å². The Balaban J connectivity index is 1.80. The SMILES string of the molecule is Cc1cc(C)c(OCC(=O)OCC(=O)Nc2ccc(C(N)=O)cc2)c(C)c1. The number of primary amides is 1. The van der Waals surface area contributed by atoms with Crippen molar-refractivity contribution in [2.45, 2.75) is 20.8 Å². The zero-order valence-electron chi connectivity index (χ0n) is 15.5. The van der Waals surface area contributed by atoms with E-state index in [2.05, 4.69) is 5.32 Å². The summed E-state index contributed by atoms with van der Waals surface area (Å²) >= 11 is 0. The molecule has 0 saturated carbocycles. The number of carbonyl (C=O) groups is 3. The average molecular weight is 370 g/mol. The number of ether oxygens (including phenoxy) is 2. The first-order valence-corrected chi connectivity index (χ1v) is 8.32. The van der Waals surface area contributed by atoms with Crippen molar-refractivity contribution in [1.29, 1.82) is 0 Å². The number of esters is 1. The van der Waals surface area contributed by atoms with Gasteiger partial charge in [0.1, 0.15) is 5.75 Å². The smallest absolute Gasteiger partial charge is 0.344 e. The van der Waals surface area contributed by atoms with Crippen molar-refractivity contribution < 1.29 is 23.9 Å². The van der Waals surface area contributed by atoms with E-state index >= 15 is 0 Å². The van der Waals surface area contributed by atoms with Gasteiger partial charge in [-0.25, -0.2) is 4.79 Å². The zero-order chi connectivity index (χ0) is 20.0. The van der Waals surface area contributed by atoms with Gasteiger partial charge in [0.25, 0.3) is 5.91 Å². The van der Waals surface area contributed by atoms with E-state index in [4.69, 9.17) is 15.2 Å². The van der Waals surface area contributed by atoms with Crippen molar-refractivity contribution in [2.24, 2.45) is 5.73 Å². The summed E-state index contributed by atoms with van der Waals surface area (Å²) in [5, 5.41) is 2.55. The molecule has 7 nitrogen and oxygen atoms in total. The maximum absolute atomic E-state index is 11.8. The van der Waals surface area contributed by atoms with Gasteiger partial charge in [-0.15, -0.1) is 0 Å². The number of anilines is 1. The molecule has 0 bridgehead atoms. The third-order valence-electron chi connectivity index (χ3n) is 3.76. The monoisotopic (exact) mass is 370 g/mol. The van der Waals surface area contributed by atoms with Crippen LogP contribution >= 0.6 is 0 Å². The molecular weight excluding hydrogens is 348 g/mol. The minimum absolute atomic E-state index is 0.286. The largest absolute Gasteiger partial charge is 0.481 e. The molecule has 0 unspecified atom stereocenters. The number of rotatable bonds is 7. The van der Waals surface area contributed by atoms with Crippen molar-refractivity contribution in [3.63, 3.8) is 0 Å². The zero-order valence-corrected chi connectivity index (χ0v) is 15.5. The van der Waals surface area contributed by atoms with Crippen LogP contribution in [0.25, 0.3) is 0 Å². The van der Waals surface area contributed by atoms with Gasteiger partial charge < -0.3 is 20.5 Å². The second kappa shape index (κ2) is 8.84. The van der Waals surface area contributed by atoms with Gasteiger partial charge >= 0.3 is 5.97 Å². The van der Waals surface area contributed by atoms with Crippen LogP contribution in [-0.2, 0) is 14.3 Å². The van der Waals surface area contributed by atoms with Crippen LogP contribution in [0.4, 0.5) is 5.69 Å². The second-order valence-corrected chi connectivity index (χ2v) is 6.17. The lowest BCUT2D eigenvalue weighted by Crippen LogP contribution is -2.24. The molecule has 2 rings (SSSR count). The van der Waals surface area contributed by atoms with Gasteiger partial charge in [0, 0.05) is 11.3 Å². The minimum atomic E-state index is -0.645. The molecule has 7 heteroatoms. The predicted molar refractivity (Wildman–Crippen MR) is 101 cm³/mol. The molecule has 142 valence electrons. The quantitative estimate of drug-likeness (QED) is 0.727. The molecule has 3 N–H and O–H groups in total. The van der Waals surface area contributed by atoms with E-state index in [1.54, 1.807) is 0 Å². The lowest BCUT2D eigenvalue weighted by Gasteiger charge is -2.13. The summed E-state index contributed by atoms with van der Waals surface area (Å²) in [7, 11) is 0. The number of aryl methyl sites for hydroxylation is 3. The molecule has 0 fully saturated rings. The first-order valence-electron chi connectivity index (χ1n) is 8.32. The van der Waals surface area contributed by atoms with Gasteiger partial charge in [-0.1, -0.05) is 17.7 Å². The molecule has 0 atom stereocenters. The number of hydrogen-bond acceptors (Lipinski definition) is 5. The molecule has 0 aliphatic carbocycles. The number of benzene rings is 2. The maximum atomic E-state index is 11.8. The molecular formula is C20H22N2O5. The Hall–Kier alpha value is -3.35. The third kappa shape index (κ3) is 5.85. The van der Waals surface area contributed by atoms with Crippen LogP contribution < -0.4 is 15.8 Å². The summed E-state index contributed by atoms with van der Waals surface area (Å²) in [6, 6.07) is 9.97. The average Bonchev–Trinajstić information content (AvgIpc) is 2.59. The molecule has 0 aliphatic rings. The fourth-order valence-corrected chi connectivity index (χ4v) is 2.63. The van der Waals surface area contributed by atoms with Crippen molar-refractivity contribution in [2.75, 3.05) is 18.5 Å². The highest BCUT2D eigenvalue weighted by Crippen LogP contribution is 2.24. The predicted octanol–water partition coefficient (Wildman–Crippen LogP) is 2.27. The van der Waals surface area contributed by atoms with Crippen molar-refractivity contribution >= 4 is 23.5 Å². The first-order chi connectivity index (χ1) is 12.8. The standard InChI is InChI=1S/C20H22N2O5/c1-12-8-13(2)19(14(3)9-12)27-11-18(24)26-10-17(23)22-16-6-4-15(5-7-16)20(21)25/h4-9H,10-11H2,1-3H3,(H2,21,25)(H,22,23). The van der Waals surface area contributed by atoms with E-state index in [0.29, 0.717) is 17.0 Å². The van der Waals surface area contributed by atoms with Crippen molar-refractivity contribution in [3.05, 3.63) is 58.7 Å². The van der Waals surface area contributed by atoms with Crippen LogP contribution in [-0.4, -0.2) is 31.0 Å². The van der Waals surface area contributed by atoms with E-state index in [1.807, 2.05) is 32.9 Å². The van der Waals surface area contributed by atoms with E-state index < -0.39 is 24.4 Å². The highest BCUT2D eigenvalue weighted by molar-refractivity contribution is 5.95. The van der Waals surface area contributed by atoms with Gasteiger partial charge in [0.15, 0.2) is 13.2 Å². The summed E-state index contributed by atoms with van der Waals surface area (Å²) in [5.41, 5.74) is 8.91. The lowest BCUT2D eigenvalue weighted by atomic mass is 10.1. The summed E-state index contributed by atoms with van der Waals surface area (Å²) < 4.78 is 10.4. The Morgan fingerprint density at radius 3 is 2.11 bits per heavy atom. The minimum Gasteiger partial charge on any atom is -0.481 e. The number of nitrogens with two attached hydrogens (primary N) is 1. The van der Waals surface area contributed by atoms with E-state index in [9.17, 15) is 14.4 Å². The molecule has 2 aromatic carbocycles. The Bertz CT molecular complexity index is 836. The maximum Gasteiger partial charge on any atom is 0.344 e. The fraction of sp³-hybridized carbons (Fsp3) is 0.250. The first kappa shape index (κ1) is 20.0. The van der Waals surface area contributed by atoms with Gasteiger partial charge in [-0.2, -0.15) is 0 Å². The highest BCUT2D eigenvalue weighted by Gasteiger charge is 2.11. The Morgan fingerprint density at radius 1 is 0.963 bits per heavy atom. The van der Waals surface area contributed by atoms with Crippen LogP contribution in [0.1, 0.15) is 27.0 Å². The van der Waals surface area contributed by atoms with Gasteiger partial charge in [-0.05, 0) is 56.2 Å². The Kier molecular flexibility index (Phi) is 6.54. The number of hydrogen-bond donors (Lipinski definition) is 2. The molecule has 0 saturated heterocycles. The summed E-state index contributed by atoms with van der Waals surface area (Å²) in [5.74, 6) is -1.07.